The number of hydrogen-bond donors (Lipinski definition) is 1. The number of pyridine rings is 1. The second-order valence-electron chi connectivity index (χ2n) is 4.98. The third kappa shape index (κ3) is 3.31. The highest BCUT2D eigenvalue weighted by Gasteiger charge is 2.15. The smallest absolute Gasteiger partial charge is 0.273 e. The SMILES string of the molecule is O=C(NCc1nc(-c2ccncc2)no1)c1cc(-c2cccs2)on1. The molecule has 1 N–H and O–H groups in total. The number of thiophene rings is 1. The zero-order valence-corrected chi connectivity index (χ0v) is 13.6. The number of aromatic nitrogens is 4. The summed E-state index contributed by atoms with van der Waals surface area (Å²) in [4.78, 5) is 21.2. The van der Waals surface area contributed by atoms with Gasteiger partial charge in [-0.05, 0) is 23.6 Å². The Kier molecular flexibility index (Phi) is 4.05. The largest absolute Gasteiger partial charge is 0.355 e. The lowest BCUT2D eigenvalue weighted by atomic mass is 10.2. The van der Waals surface area contributed by atoms with Crippen LogP contribution in [-0.4, -0.2) is 26.2 Å². The first kappa shape index (κ1) is 15.2. The van der Waals surface area contributed by atoms with Crippen molar-refractivity contribution in [2.75, 3.05) is 0 Å². The minimum Gasteiger partial charge on any atom is -0.355 e. The van der Waals surface area contributed by atoms with Crippen LogP contribution in [0.25, 0.3) is 22.0 Å². The number of rotatable bonds is 5. The minimum absolute atomic E-state index is 0.0953. The first-order chi connectivity index (χ1) is 12.3. The molecule has 0 saturated heterocycles. The quantitative estimate of drug-likeness (QED) is 0.588. The molecule has 4 heterocycles. The van der Waals surface area contributed by atoms with Crippen molar-refractivity contribution in [3.05, 3.63) is 59.7 Å². The highest BCUT2D eigenvalue weighted by atomic mass is 32.1. The Hall–Kier alpha value is -3.33. The van der Waals surface area contributed by atoms with E-state index in [9.17, 15) is 4.79 Å². The zero-order chi connectivity index (χ0) is 17.1. The molecule has 0 saturated carbocycles. The lowest BCUT2D eigenvalue weighted by Gasteiger charge is -1.97. The molecule has 0 bridgehead atoms. The molecule has 0 atom stereocenters. The molecule has 4 rings (SSSR count). The van der Waals surface area contributed by atoms with Crippen molar-refractivity contribution < 1.29 is 13.8 Å². The molecule has 4 aromatic rings. The number of hydrogen-bond acceptors (Lipinski definition) is 8. The molecule has 4 aromatic heterocycles. The fourth-order valence-corrected chi connectivity index (χ4v) is 2.78. The van der Waals surface area contributed by atoms with Gasteiger partial charge in [0.15, 0.2) is 11.5 Å². The van der Waals surface area contributed by atoms with Crippen LogP contribution >= 0.6 is 11.3 Å². The van der Waals surface area contributed by atoms with Gasteiger partial charge in [-0.25, -0.2) is 0 Å². The lowest BCUT2D eigenvalue weighted by molar-refractivity contribution is 0.0937. The van der Waals surface area contributed by atoms with Crippen molar-refractivity contribution in [2.45, 2.75) is 6.54 Å². The first-order valence-corrected chi connectivity index (χ1v) is 8.19. The molecule has 0 fully saturated rings. The van der Waals surface area contributed by atoms with Crippen molar-refractivity contribution in [1.82, 2.24) is 25.6 Å². The summed E-state index contributed by atoms with van der Waals surface area (Å²) in [5.41, 5.74) is 0.977. The molecule has 124 valence electrons. The van der Waals surface area contributed by atoms with Crippen LogP contribution in [0.3, 0.4) is 0 Å². The molecule has 0 aromatic carbocycles. The Labute approximate surface area is 145 Å². The van der Waals surface area contributed by atoms with Crippen molar-refractivity contribution in [1.29, 1.82) is 0 Å². The van der Waals surface area contributed by atoms with Gasteiger partial charge in [0.1, 0.15) is 0 Å². The first-order valence-electron chi connectivity index (χ1n) is 7.31. The van der Waals surface area contributed by atoms with E-state index in [0.29, 0.717) is 17.5 Å². The van der Waals surface area contributed by atoms with E-state index in [1.54, 1.807) is 30.6 Å². The second kappa shape index (κ2) is 6.65. The fourth-order valence-electron chi connectivity index (χ4n) is 2.11. The lowest BCUT2D eigenvalue weighted by Crippen LogP contribution is -2.23. The van der Waals surface area contributed by atoms with Crippen LogP contribution < -0.4 is 5.32 Å². The van der Waals surface area contributed by atoms with Crippen molar-refractivity contribution in [3.8, 4) is 22.0 Å². The van der Waals surface area contributed by atoms with Gasteiger partial charge in [0.05, 0.1) is 11.4 Å². The maximum absolute atomic E-state index is 12.1. The van der Waals surface area contributed by atoms with Crippen molar-refractivity contribution in [2.24, 2.45) is 0 Å². The number of carbonyl (C=O) groups excluding carboxylic acids is 1. The Morgan fingerprint density at radius 1 is 1.16 bits per heavy atom. The van der Waals surface area contributed by atoms with Crippen molar-refractivity contribution >= 4 is 17.2 Å². The van der Waals surface area contributed by atoms with Crippen LogP contribution in [0.5, 0.6) is 0 Å². The van der Waals surface area contributed by atoms with Gasteiger partial charge in [0.2, 0.25) is 11.7 Å². The summed E-state index contributed by atoms with van der Waals surface area (Å²) in [6.07, 6.45) is 3.28. The van der Waals surface area contributed by atoms with Gasteiger partial charge >= 0.3 is 0 Å². The van der Waals surface area contributed by atoms with E-state index >= 15 is 0 Å². The minimum atomic E-state index is -0.379. The van der Waals surface area contributed by atoms with Crippen LogP contribution in [-0.2, 0) is 6.54 Å². The standard InChI is InChI=1S/C16H11N5O3S/c22-16(11-8-12(23-20-11)13-2-1-7-25-13)18-9-14-19-15(21-24-14)10-3-5-17-6-4-10/h1-8H,9H2,(H,18,22). The average molecular weight is 353 g/mol. The molecule has 0 unspecified atom stereocenters. The number of carbonyl (C=O) groups is 1. The zero-order valence-electron chi connectivity index (χ0n) is 12.7. The molecule has 9 heteroatoms. The predicted molar refractivity (Wildman–Crippen MR) is 88.5 cm³/mol. The van der Waals surface area contributed by atoms with Gasteiger partial charge in [-0.1, -0.05) is 16.4 Å². The van der Waals surface area contributed by atoms with Gasteiger partial charge in [0, 0.05) is 24.0 Å². The van der Waals surface area contributed by atoms with Gasteiger partial charge in [-0.3, -0.25) is 9.78 Å². The third-order valence-electron chi connectivity index (χ3n) is 3.31. The molecule has 25 heavy (non-hydrogen) atoms. The van der Waals surface area contributed by atoms with Crippen LogP contribution in [0.15, 0.2) is 57.2 Å². The Bertz CT molecular complexity index is 978. The Morgan fingerprint density at radius 2 is 2.04 bits per heavy atom. The summed E-state index contributed by atoms with van der Waals surface area (Å²) >= 11 is 1.51. The van der Waals surface area contributed by atoms with Crippen LogP contribution in [0.1, 0.15) is 16.4 Å². The van der Waals surface area contributed by atoms with Gasteiger partial charge in [0.25, 0.3) is 5.91 Å². The topological polar surface area (TPSA) is 107 Å². The Morgan fingerprint density at radius 3 is 2.84 bits per heavy atom. The monoisotopic (exact) mass is 353 g/mol. The molecule has 0 aliphatic carbocycles. The van der Waals surface area contributed by atoms with E-state index in [0.717, 1.165) is 10.4 Å². The summed E-state index contributed by atoms with van der Waals surface area (Å²) < 4.78 is 10.3. The molecule has 0 aliphatic rings. The highest BCUT2D eigenvalue weighted by molar-refractivity contribution is 7.13. The third-order valence-corrected chi connectivity index (χ3v) is 4.20. The maximum Gasteiger partial charge on any atom is 0.273 e. The van der Waals surface area contributed by atoms with Crippen LogP contribution in [0.4, 0.5) is 0 Å². The fraction of sp³-hybridized carbons (Fsp3) is 0.0625. The maximum atomic E-state index is 12.1. The molecular formula is C16H11N5O3S. The van der Waals surface area contributed by atoms with E-state index < -0.39 is 0 Å². The molecule has 8 nitrogen and oxygen atoms in total. The molecular weight excluding hydrogens is 342 g/mol. The van der Waals surface area contributed by atoms with E-state index in [2.05, 4.69) is 25.6 Å². The number of nitrogens with zero attached hydrogens (tertiary/aromatic N) is 4. The van der Waals surface area contributed by atoms with Gasteiger partial charge in [-0.15, -0.1) is 11.3 Å². The second-order valence-corrected chi connectivity index (χ2v) is 5.93. The van der Waals surface area contributed by atoms with E-state index in [1.807, 2.05) is 17.5 Å². The Balaban J connectivity index is 1.40. The number of nitrogens with one attached hydrogen (secondary N) is 1. The summed E-state index contributed by atoms with van der Waals surface area (Å²) in [5.74, 6) is 0.906. The molecule has 0 radical (unpaired) electrons. The highest BCUT2D eigenvalue weighted by Crippen LogP contribution is 2.25. The molecule has 0 aliphatic heterocycles. The van der Waals surface area contributed by atoms with E-state index in [-0.39, 0.29) is 18.1 Å². The van der Waals surface area contributed by atoms with Crippen LogP contribution in [0.2, 0.25) is 0 Å². The summed E-state index contributed by atoms with van der Waals surface area (Å²) in [5, 5.41) is 12.3. The predicted octanol–water partition coefficient (Wildman–Crippen LogP) is 2.78. The van der Waals surface area contributed by atoms with Crippen LogP contribution in [0, 0.1) is 0 Å². The summed E-state index contributed by atoms with van der Waals surface area (Å²) in [6.45, 7) is 0.0953. The van der Waals surface area contributed by atoms with E-state index in [1.165, 1.54) is 11.3 Å². The van der Waals surface area contributed by atoms with Gasteiger partial charge in [-0.2, -0.15) is 4.98 Å². The van der Waals surface area contributed by atoms with E-state index in [4.69, 9.17) is 9.05 Å². The average Bonchev–Trinajstić information content (AvgIpc) is 3.41. The van der Waals surface area contributed by atoms with Gasteiger partial charge < -0.3 is 14.4 Å². The van der Waals surface area contributed by atoms with Crippen molar-refractivity contribution in [3.63, 3.8) is 0 Å². The number of amides is 1. The normalized spacial score (nSPS) is 10.7. The molecule has 0 spiro atoms. The summed E-state index contributed by atoms with van der Waals surface area (Å²) in [6, 6.07) is 8.94. The summed E-state index contributed by atoms with van der Waals surface area (Å²) in [7, 11) is 0. The molecule has 1 amide bonds.